The summed E-state index contributed by atoms with van der Waals surface area (Å²) in [7, 11) is 0. The fourth-order valence-electron chi connectivity index (χ4n) is 1.93. The molecule has 0 fully saturated rings. The molecule has 22 heavy (non-hydrogen) atoms. The SMILES string of the molecule is O=C(CSCc1ccc(Cl)cc1F)NCCc1ccccc1. The van der Waals surface area contributed by atoms with Crippen LogP contribution in [0.3, 0.4) is 0 Å². The van der Waals surface area contributed by atoms with Gasteiger partial charge in [0.05, 0.1) is 5.75 Å². The lowest BCUT2D eigenvalue weighted by atomic mass is 10.1. The molecule has 0 aliphatic carbocycles. The molecular weight excluding hydrogens is 321 g/mol. The first-order valence-electron chi connectivity index (χ1n) is 6.97. The maximum absolute atomic E-state index is 13.6. The normalized spacial score (nSPS) is 10.5. The van der Waals surface area contributed by atoms with Gasteiger partial charge in [-0.05, 0) is 29.7 Å². The molecule has 1 amide bonds. The lowest BCUT2D eigenvalue weighted by molar-refractivity contribution is -0.118. The van der Waals surface area contributed by atoms with Gasteiger partial charge in [0.2, 0.25) is 5.91 Å². The van der Waals surface area contributed by atoms with Crippen LogP contribution in [0.5, 0.6) is 0 Å². The molecule has 2 aromatic rings. The van der Waals surface area contributed by atoms with Crippen LogP contribution in [0.4, 0.5) is 4.39 Å². The van der Waals surface area contributed by atoms with Gasteiger partial charge >= 0.3 is 0 Å². The van der Waals surface area contributed by atoms with Crippen LogP contribution in [0.25, 0.3) is 0 Å². The Balaban J connectivity index is 1.65. The van der Waals surface area contributed by atoms with E-state index in [0.29, 0.717) is 28.6 Å². The van der Waals surface area contributed by atoms with Crippen LogP contribution in [0, 0.1) is 5.82 Å². The Labute approximate surface area is 139 Å². The average molecular weight is 338 g/mol. The molecular formula is C17H17ClFNOS. The van der Waals surface area contributed by atoms with Crippen LogP contribution in [0.1, 0.15) is 11.1 Å². The Morgan fingerprint density at radius 2 is 1.95 bits per heavy atom. The van der Waals surface area contributed by atoms with Gasteiger partial charge in [-0.2, -0.15) is 0 Å². The Hall–Kier alpha value is -1.52. The first-order chi connectivity index (χ1) is 10.6. The molecule has 5 heteroatoms. The lowest BCUT2D eigenvalue weighted by Crippen LogP contribution is -2.27. The highest BCUT2D eigenvalue weighted by molar-refractivity contribution is 7.99. The van der Waals surface area contributed by atoms with Crippen molar-refractivity contribution in [2.75, 3.05) is 12.3 Å². The van der Waals surface area contributed by atoms with Crippen molar-refractivity contribution < 1.29 is 9.18 Å². The highest BCUT2D eigenvalue weighted by atomic mass is 35.5. The number of carbonyl (C=O) groups is 1. The molecule has 0 saturated carbocycles. The first-order valence-corrected chi connectivity index (χ1v) is 8.51. The highest BCUT2D eigenvalue weighted by Crippen LogP contribution is 2.19. The number of thioether (sulfide) groups is 1. The fraction of sp³-hybridized carbons (Fsp3) is 0.235. The van der Waals surface area contributed by atoms with Crippen molar-refractivity contribution in [1.82, 2.24) is 5.32 Å². The Bertz CT molecular complexity index is 621. The van der Waals surface area contributed by atoms with Crippen LogP contribution < -0.4 is 5.32 Å². The quantitative estimate of drug-likeness (QED) is 0.825. The van der Waals surface area contributed by atoms with Crippen LogP contribution in [0.15, 0.2) is 48.5 Å². The second-order valence-electron chi connectivity index (χ2n) is 4.81. The van der Waals surface area contributed by atoms with Gasteiger partial charge in [-0.25, -0.2) is 4.39 Å². The minimum atomic E-state index is -0.329. The van der Waals surface area contributed by atoms with E-state index in [1.165, 1.54) is 23.4 Å². The number of amides is 1. The average Bonchev–Trinajstić information content (AvgIpc) is 2.50. The summed E-state index contributed by atoms with van der Waals surface area (Å²) >= 11 is 7.08. The van der Waals surface area contributed by atoms with Gasteiger partial charge in [0.1, 0.15) is 5.82 Å². The fourth-order valence-corrected chi connectivity index (χ4v) is 2.94. The molecule has 0 saturated heterocycles. The molecule has 0 spiro atoms. The van der Waals surface area contributed by atoms with Crippen LogP contribution >= 0.6 is 23.4 Å². The summed E-state index contributed by atoms with van der Waals surface area (Å²) in [6, 6.07) is 14.6. The summed E-state index contributed by atoms with van der Waals surface area (Å²) in [5.41, 5.74) is 1.75. The summed E-state index contributed by atoms with van der Waals surface area (Å²) in [5.74, 6) is 0.408. The van der Waals surface area contributed by atoms with Crippen LogP contribution in [0.2, 0.25) is 5.02 Å². The molecule has 2 nitrogen and oxygen atoms in total. The molecule has 116 valence electrons. The zero-order chi connectivity index (χ0) is 15.8. The predicted octanol–water partition coefficient (Wildman–Crippen LogP) is 4.07. The van der Waals surface area contributed by atoms with Gasteiger partial charge in [-0.3, -0.25) is 4.79 Å². The van der Waals surface area contributed by atoms with Crippen molar-refractivity contribution in [2.45, 2.75) is 12.2 Å². The lowest BCUT2D eigenvalue weighted by Gasteiger charge is -2.06. The third-order valence-corrected chi connectivity index (χ3v) is 4.30. The predicted molar refractivity (Wildman–Crippen MR) is 90.7 cm³/mol. The molecule has 0 radical (unpaired) electrons. The van der Waals surface area contributed by atoms with Crippen molar-refractivity contribution in [3.63, 3.8) is 0 Å². The number of carbonyl (C=O) groups excluding carboxylic acids is 1. The molecule has 0 aliphatic heterocycles. The standard InChI is InChI=1S/C17H17ClFNOS/c18-15-7-6-14(16(19)10-15)11-22-12-17(21)20-9-8-13-4-2-1-3-5-13/h1-7,10H,8-9,11-12H2,(H,20,21). The van der Waals surface area contributed by atoms with E-state index in [1.54, 1.807) is 12.1 Å². The van der Waals surface area contributed by atoms with E-state index in [2.05, 4.69) is 5.32 Å². The zero-order valence-corrected chi connectivity index (χ0v) is 13.6. The van der Waals surface area contributed by atoms with E-state index in [0.717, 1.165) is 6.42 Å². The second-order valence-corrected chi connectivity index (χ2v) is 6.24. The number of nitrogens with one attached hydrogen (secondary N) is 1. The Kier molecular flexibility index (Phi) is 6.74. The van der Waals surface area contributed by atoms with Gasteiger partial charge in [0.15, 0.2) is 0 Å². The number of hydrogen-bond acceptors (Lipinski definition) is 2. The van der Waals surface area contributed by atoms with Crippen molar-refractivity contribution in [2.24, 2.45) is 0 Å². The Morgan fingerprint density at radius 1 is 1.18 bits per heavy atom. The maximum atomic E-state index is 13.6. The molecule has 0 aromatic heterocycles. The van der Waals surface area contributed by atoms with Crippen molar-refractivity contribution in [3.8, 4) is 0 Å². The number of halogens is 2. The summed E-state index contributed by atoms with van der Waals surface area (Å²) in [5, 5.41) is 3.25. The molecule has 0 bridgehead atoms. The van der Waals surface area contributed by atoms with Crippen molar-refractivity contribution in [3.05, 3.63) is 70.5 Å². The molecule has 0 atom stereocenters. The summed E-state index contributed by atoms with van der Waals surface area (Å²) in [4.78, 5) is 11.7. The molecule has 0 heterocycles. The molecule has 1 N–H and O–H groups in total. The number of benzene rings is 2. The minimum absolute atomic E-state index is 0.0321. The summed E-state index contributed by atoms with van der Waals surface area (Å²) in [6.07, 6.45) is 0.809. The van der Waals surface area contributed by atoms with E-state index < -0.39 is 0 Å². The van der Waals surface area contributed by atoms with E-state index in [-0.39, 0.29) is 11.7 Å². The van der Waals surface area contributed by atoms with Gasteiger partial charge in [-0.1, -0.05) is 48.0 Å². The largest absolute Gasteiger partial charge is 0.355 e. The molecule has 2 aromatic carbocycles. The Morgan fingerprint density at radius 3 is 2.68 bits per heavy atom. The van der Waals surface area contributed by atoms with E-state index in [4.69, 9.17) is 11.6 Å². The van der Waals surface area contributed by atoms with Crippen LogP contribution in [-0.2, 0) is 17.0 Å². The third-order valence-electron chi connectivity index (χ3n) is 3.08. The molecule has 0 aliphatic rings. The summed E-state index contributed by atoms with van der Waals surface area (Å²) < 4.78 is 13.6. The van der Waals surface area contributed by atoms with Gasteiger partial charge in [0.25, 0.3) is 0 Å². The molecule has 0 unspecified atom stereocenters. The van der Waals surface area contributed by atoms with Crippen LogP contribution in [-0.4, -0.2) is 18.2 Å². The highest BCUT2D eigenvalue weighted by Gasteiger charge is 2.05. The van der Waals surface area contributed by atoms with Gasteiger partial charge < -0.3 is 5.32 Å². The third kappa shape index (κ3) is 5.70. The molecule has 2 rings (SSSR count). The minimum Gasteiger partial charge on any atom is -0.355 e. The maximum Gasteiger partial charge on any atom is 0.230 e. The van der Waals surface area contributed by atoms with Gasteiger partial charge in [0, 0.05) is 17.3 Å². The van der Waals surface area contributed by atoms with Crippen molar-refractivity contribution >= 4 is 29.3 Å². The van der Waals surface area contributed by atoms with E-state index >= 15 is 0 Å². The number of hydrogen-bond donors (Lipinski definition) is 1. The van der Waals surface area contributed by atoms with E-state index in [9.17, 15) is 9.18 Å². The first kappa shape index (κ1) is 16.8. The monoisotopic (exact) mass is 337 g/mol. The van der Waals surface area contributed by atoms with E-state index in [1.807, 2.05) is 30.3 Å². The second kappa shape index (κ2) is 8.81. The summed E-state index contributed by atoms with van der Waals surface area (Å²) in [6.45, 7) is 0.610. The smallest absolute Gasteiger partial charge is 0.230 e. The van der Waals surface area contributed by atoms with Crippen molar-refractivity contribution in [1.29, 1.82) is 0 Å². The van der Waals surface area contributed by atoms with Gasteiger partial charge in [-0.15, -0.1) is 11.8 Å². The topological polar surface area (TPSA) is 29.1 Å². The number of rotatable bonds is 7. The zero-order valence-electron chi connectivity index (χ0n) is 12.0.